The second-order valence-corrected chi connectivity index (χ2v) is 8.05. The van der Waals surface area contributed by atoms with Crippen LogP contribution in [-0.2, 0) is 16.0 Å². The van der Waals surface area contributed by atoms with Gasteiger partial charge in [0.2, 0.25) is 11.8 Å². The summed E-state index contributed by atoms with van der Waals surface area (Å²) in [6, 6.07) is 13.6. The molecule has 2 rings (SSSR count). The first-order valence-corrected chi connectivity index (χ1v) is 10.3. The third kappa shape index (κ3) is 6.93. The smallest absolute Gasteiger partial charge is 0.234 e. The van der Waals surface area contributed by atoms with Crippen molar-refractivity contribution in [2.75, 3.05) is 24.7 Å². The van der Waals surface area contributed by atoms with Crippen LogP contribution in [0.5, 0.6) is 5.75 Å². The summed E-state index contributed by atoms with van der Waals surface area (Å²) in [5.74, 6) is 0.876. The number of methoxy groups -OCH3 is 1. The zero-order chi connectivity index (χ0) is 20.5. The minimum Gasteiger partial charge on any atom is -0.496 e. The molecule has 0 spiro atoms. The molecule has 2 aromatic rings. The van der Waals surface area contributed by atoms with Crippen molar-refractivity contribution in [1.82, 2.24) is 5.32 Å². The Morgan fingerprint density at radius 3 is 2.43 bits per heavy atom. The first kappa shape index (κ1) is 21.8. The molecule has 0 aromatic heterocycles. The first-order chi connectivity index (χ1) is 13.4. The Labute approximate surface area is 171 Å². The maximum atomic E-state index is 12.3. The number of carbonyl (C=O) groups excluding carboxylic acids is 2. The molecule has 0 fully saturated rings. The van der Waals surface area contributed by atoms with Gasteiger partial charge in [-0.05, 0) is 51.0 Å². The Kier molecular flexibility index (Phi) is 8.39. The topological polar surface area (TPSA) is 67.4 Å². The summed E-state index contributed by atoms with van der Waals surface area (Å²) < 4.78 is 5.36. The van der Waals surface area contributed by atoms with Crippen molar-refractivity contribution >= 4 is 29.3 Å². The van der Waals surface area contributed by atoms with Gasteiger partial charge in [0.05, 0.1) is 18.1 Å². The van der Waals surface area contributed by atoms with Crippen molar-refractivity contribution in [3.8, 4) is 5.75 Å². The van der Waals surface area contributed by atoms with Crippen LogP contribution in [0.4, 0.5) is 5.69 Å². The molecule has 0 saturated carbocycles. The van der Waals surface area contributed by atoms with Crippen LogP contribution in [0.25, 0.3) is 0 Å². The molecule has 6 heteroatoms. The number of carbonyl (C=O) groups is 2. The van der Waals surface area contributed by atoms with E-state index in [0.717, 1.165) is 28.1 Å². The van der Waals surface area contributed by atoms with Gasteiger partial charge in [-0.25, -0.2) is 0 Å². The number of hydrogen-bond donors (Lipinski definition) is 2. The highest BCUT2D eigenvalue weighted by Crippen LogP contribution is 2.20. The van der Waals surface area contributed by atoms with Gasteiger partial charge in [0.25, 0.3) is 0 Å². The molecule has 0 saturated heterocycles. The third-order valence-electron chi connectivity index (χ3n) is 4.30. The number of amides is 2. The molecular formula is C22H28N2O3S. The van der Waals surface area contributed by atoms with Gasteiger partial charge < -0.3 is 15.4 Å². The van der Waals surface area contributed by atoms with Crippen molar-refractivity contribution in [3.63, 3.8) is 0 Å². The quantitative estimate of drug-likeness (QED) is 0.673. The third-order valence-corrected chi connectivity index (χ3v) is 5.44. The maximum absolute atomic E-state index is 12.3. The summed E-state index contributed by atoms with van der Waals surface area (Å²) in [7, 11) is 1.65. The van der Waals surface area contributed by atoms with Gasteiger partial charge in [-0.2, -0.15) is 0 Å². The van der Waals surface area contributed by atoms with Crippen LogP contribution < -0.4 is 15.4 Å². The lowest BCUT2D eigenvalue weighted by molar-refractivity contribution is -0.120. The van der Waals surface area contributed by atoms with E-state index in [0.29, 0.717) is 13.0 Å². The summed E-state index contributed by atoms with van der Waals surface area (Å²) in [4.78, 5) is 24.3. The fourth-order valence-corrected chi connectivity index (χ4v) is 3.39. The second kappa shape index (κ2) is 10.8. The molecule has 1 unspecified atom stereocenters. The Hall–Kier alpha value is -2.47. The number of rotatable bonds is 9. The number of nitrogens with one attached hydrogen (secondary N) is 2. The number of ether oxygens (including phenoxy) is 1. The van der Waals surface area contributed by atoms with Crippen molar-refractivity contribution in [3.05, 3.63) is 59.2 Å². The molecular weight excluding hydrogens is 372 g/mol. The second-order valence-electron chi connectivity index (χ2n) is 6.72. The average molecular weight is 401 g/mol. The highest BCUT2D eigenvalue weighted by molar-refractivity contribution is 8.01. The van der Waals surface area contributed by atoms with Gasteiger partial charge in [0, 0.05) is 12.2 Å². The number of hydrogen-bond acceptors (Lipinski definition) is 4. The highest BCUT2D eigenvalue weighted by atomic mass is 32.2. The van der Waals surface area contributed by atoms with Gasteiger partial charge in [-0.1, -0.05) is 35.4 Å². The van der Waals surface area contributed by atoms with E-state index in [1.165, 1.54) is 11.8 Å². The van der Waals surface area contributed by atoms with E-state index in [1.54, 1.807) is 7.11 Å². The molecule has 0 bridgehead atoms. The van der Waals surface area contributed by atoms with Crippen LogP contribution in [0.2, 0.25) is 0 Å². The fraction of sp³-hybridized carbons (Fsp3) is 0.364. The van der Waals surface area contributed by atoms with Gasteiger partial charge in [-0.3, -0.25) is 9.59 Å². The number of thioether (sulfide) groups is 1. The van der Waals surface area contributed by atoms with Crippen LogP contribution >= 0.6 is 11.8 Å². The molecule has 0 aliphatic carbocycles. The minimum absolute atomic E-state index is 0.0697. The predicted octanol–water partition coefficient (Wildman–Crippen LogP) is 3.73. The van der Waals surface area contributed by atoms with Crippen molar-refractivity contribution in [2.24, 2.45) is 0 Å². The SMILES string of the molecule is COc1ccc(C)cc1CCNC(=O)C(C)SCC(=O)Nc1ccc(C)cc1. The van der Waals surface area contributed by atoms with E-state index in [2.05, 4.69) is 16.7 Å². The summed E-state index contributed by atoms with van der Waals surface area (Å²) in [6.07, 6.45) is 0.696. The molecule has 150 valence electrons. The predicted molar refractivity (Wildman–Crippen MR) is 116 cm³/mol. The minimum atomic E-state index is -0.303. The lowest BCUT2D eigenvalue weighted by atomic mass is 10.1. The summed E-state index contributed by atoms with van der Waals surface area (Å²) in [6.45, 7) is 6.37. The summed E-state index contributed by atoms with van der Waals surface area (Å²) in [5, 5.41) is 5.47. The molecule has 0 heterocycles. The van der Waals surface area contributed by atoms with E-state index in [1.807, 2.05) is 57.2 Å². The molecule has 1 atom stereocenters. The van der Waals surface area contributed by atoms with Crippen LogP contribution in [0.15, 0.2) is 42.5 Å². The van der Waals surface area contributed by atoms with Gasteiger partial charge >= 0.3 is 0 Å². The van der Waals surface area contributed by atoms with Gasteiger partial charge in [0.15, 0.2) is 0 Å². The molecule has 2 amide bonds. The van der Waals surface area contributed by atoms with Crippen molar-refractivity contribution < 1.29 is 14.3 Å². The lowest BCUT2D eigenvalue weighted by Gasteiger charge is -2.13. The lowest BCUT2D eigenvalue weighted by Crippen LogP contribution is -2.33. The fourth-order valence-electron chi connectivity index (χ4n) is 2.68. The van der Waals surface area contributed by atoms with Gasteiger partial charge in [-0.15, -0.1) is 11.8 Å². The standard InChI is InChI=1S/C22H28N2O3S/c1-15-5-8-19(9-6-15)24-21(25)14-28-17(3)22(26)23-12-11-18-13-16(2)7-10-20(18)27-4/h5-10,13,17H,11-12,14H2,1-4H3,(H,23,26)(H,24,25). The number of aryl methyl sites for hydroxylation is 2. The maximum Gasteiger partial charge on any atom is 0.234 e. The molecule has 0 aliphatic rings. The average Bonchev–Trinajstić information content (AvgIpc) is 2.68. The van der Waals surface area contributed by atoms with E-state index in [4.69, 9.17) is 4.74 Å². The van der Waals surface area contributed by atoms with Crippen LogP contribution in [0, 0.1) is 13.8 Å². The normalized spacial score (nSPS) is 11.6. The Bertz CT molecular complexity index is 806. The molecule has 0 aliphatic heterocycles. The number of anilines is 1. The Balaban J connectivity index is 1.73. The monoisotopic (exact) mass is 400 g/mol. The van der Waals surface area contributed by atoms with Crippen LogP contribution in [0.1, 0.15) is 23.6 Å². The van der Waals surface area contributed by atoms with Crippen molar-refractivity contribution in [1.29, 1.82) is 0 Å². The van der Waals surface area contributed by atoms with Crippen LogP contribution in [0.3, 0.4) is 0 Å². The van der Waals surface area contributed by atoms with Gasteiger partial charge in [0.1, 0.15) is 5.75 Å². The Morgan fingerprint density at radius 2 is 1.75 bits per heavy atom. The molecule has 5 nitrogen and oxygen atoms in total. The summed E-state index contributed by atoms with van der Waals surface area (Å²) >= 11 is 1.32. The molecule has 2 aromatic carbocycles. The Morgan fingerprint density at radius 1 is 1.07 bits per heavy atom. The molecule has 28 heavy (non-hydrogen) atoms. The zero-order valence-electron chi connectivity index (χ0n) is 16.9. The van der Waals surface area contributed by atoms with E-state index in [9.17, 15) is 9.59 Å². The molecule has 2 N–H and O–H groups in total. The van der Waals surface area contributed by atoms with E-state index in [-0.39, 0.29) is 22.8 Å². The zero-order valence-corrected chi connectivity index (χ0v) is 17.7. The molecule has 0 radical (unpaired) electrons. The first-order valence-electron chi connectivity index (χ1n) is 9.28. The largest absolute Gasteiger partial charge is 0.496 e. The highest BCUT2D eigenvalue weighted by Gasteiger charge is 2.15. The number of benzene rings is 2. The van der Waals surface area contributed by atoms with E-state index >= 15 is 0 Å². The van der Waals surface area contributed by atoms with E-state index < -0.39 is 0 Å². The van der Waals surface area contributed by atoms with Crippen molar-refractivity contribution in [2.45, 2.75) is 32.4 Å². The van der Waals surface area contributed by atoms with Crippen LogP contribution in [-0.4, -0.2) is 36.5 Å². The summed E-state index contributed by atoms with van der Waals surface area (Å²) in [5.41, 5.74) is 4.13.